The van der Waals surface area contributed by atoms with Crippen LogP contribution in [0, 0.1) is 0 Å². The van der Waals surface area contributed by atoms with E-state index in [1.54, 1.807) is 41.5 Å². The molecule has 0 aliphatic carbocycles. The van der Waals surface area contributed by atoms with E-state index in [-0.39, 0.29) is 16.7 Å². The van der Waals surface area contributed by atoms with Gasteiger partial charge in [-0.3, -0.25) is 0 Å². The summed E-state index contributed by atoms with van der Waals surface area (Å²) in [4.78, 5) is 40.8. The van der Waals surface area contributed by atoms with Gasteiger partial charge >= 0.3 is 17.9 Å². The molecule has 45 heavy (non-hydrogen) atoms. The number of nitrogens with zero attached hydrogens (tertiary/aromatic N) is 3. The lowest BCUT2D eigenvalue weighted by Gasteiger charge is -2.35. The standard InChI is InChI=1S/C33H51N3O9/c1-28(2)16-22(31(7,8)34(28)40)43-25(37)19-13-20(26(38)44-23-17-29(3,4)35(41)32(23,9)10)15-21(14-19)27(39)45-24-18-30(5,6)36(42)33(24,11)12/h13-15,22-24,40-42H,16-18H2,1-12H3. The number of benzene rings is 1. The number of hydrogen-bond acceptors (Lipinski definition) is 12. The number of hydrogen-bond donors (Lipinski definition) is 3. The van der Waals surface area contributed by atoms with E-state index in [0.717, 1.165) is 0 Å². The topological polar surface area (TPSA) is 149 Å². The van der Waals surface area contributed by atoms with E-state index < -0.39 is 69.5 Å². The fourth-order valence-electron chi connectivity index (χ4n) is 7.25. The number of rotatable bonds is 6. The maximum absolute atomic E-state index is 13.6. The van der Waals surface area contributed by atoms with Crippen LogP contribution in [0.1, 0.15) is 133 Å². The first-order chi connectivity index (χ1) is 20.2. The number of ether oxygens (including phenoxy) is 3. The van der Waals surface area contributed by atoms with Gasteiger partial charge in [0, 0.05) is 35.9 Å². The van der Waals surface area contributed by atoms with E-state index in [4.69, 9.17) is 14.2 Å². The Morgan fingerprint density at radius 3 is 0.867 bits per heavy atom. The fraction of sp³-hybridized carbons (Fsp3) is 0.727. The summed E-state index contributed by atoms with van der Waals surface area (Å²) in [6, 6.07) is 3.94. The third-order valence-electron chi connectivity index (χ3n) is 10.2. The molecule has 0 radical (unpaired) electrons. The Labute approximate surface area is 266 Å². The van der Waals surface area contributed by atoms with Crippen molar-refractivity contribution >= 4 is 17.9 Å². The summed E-state index contributed by atoms with van der Waals surface area (Å²) in [6.07, 6.45) is -1.01. The predicted octanol–water partition coefficient (Wildman–Crippen LogP) is 5.22. The number of carbonyl (C=O) groups is 3. The molecule has 3 aliphatic rings. The molecule has 252 valence electrons. The SMILES string of the molecule is CC1(C)CC(OC(=O)c2cc(C(=O)OC3CC(C)(C)N(O)C3(C)C)cc(C(=O)OC3CC(C)(C)N(O)C3(C)C)c2)C(C)(C)N1O. The average Bonchev–Trinajstić information content (AvgIpc) is 3.26. The van der Waals surface area contributed by atoms with Gasteiger partial charge in [-0.1, -0.05) is 0 Å². The van der Waals surface area contributed by atoms with Crippen LogP contribution in [-0.2, 0) is 14.2 Å². The first kappa shape index (κ1) is 35.2. The van der Waals surface area contributed by atoms with E-state index in [1.807, 2.05) is 41.5 Å². The maximum atomic E-state index is 13.6. The minimum Gasteiger partial charge on any atom is -0.457 e. The monoisotopic (exact) mass is 633 g/mol. The molecular weight excluding hydrogens is 582 g/mol. The summed E-state index contributed by atoms with van der Waals surface area (Å²) < 4.78 is 17.6. The largest absolute Gasteiger partial charge is 0.457 e. The molecular formula is C33H51N3O9. The highest BCUT2D eigenvalue weighted by Crippen LogP contribution is 2.43. The second kappa shape index (κ2) is 11.0. The highest BCUT2D eigenvalue weighted by molar-refractivity contribution is 6.00. The lowest BCUT2D eigenvalue weighted by atomic mass is 9.96. The van der Waals surface area contributed by atoms with Crippen LogP contribution in [0.25, 0.3) is 0 Å². The van der Waals surface area contributed by atoms with E-state index in [2.05, 4.69) is 0 Å². The fourth-order valence-corrected chi connectivity index (χ4v) is 7.25. The van der Waals surface area contributed by atoms with Crippen molar-refractivity contribution in [3.63, 3.8) is 0 Å². The van der Waals surface area contributed by atoms with Crippen LogP contribution in [0.15, 0.2) is 18.2 Å². The Morgan fingerprint density at radius 2 is 0.711 bits per heavy atom. The van der Waals surface area contributed by atoms with Crippen molar-refractivity contribution < 1.29 is 44.2 Å². The van der Waals surface area contributed by atoms with Crippen molar-refractivity contribution in [1.29, 1.82) is 0 Å². The van der Waals surface area contributed by atoms with E-state index in [0.29, 0.717) is 19.3 Å². The van der Waals surface area contributed by atoms with Crippen LogP contribution in [0.5, 0.6) is 0 Å². The van der Waals surface area contributed by atoms with Gasteiger partial charge < -0.3 is 29.8 Å². The van der Waals surface area contributed by atoms with Gasteiger partial charge in [0.15, 0.2) is 0 Å². The van der Waals surface area contributed by atoms with E-state index in [9.17, 15) is 30.0 Å². The third-order valence-corrected chi connectivity index (χ3v) is 10.2. The molecule has 12 nitrogen and oxygen atoms in total. The van der Waals surface area contributed by atoms with Crippen LogP contribution < -0.4 is 0 Å². The summed E-state index contributed by atoms with van der Waals surface area (Å²) in [5, 5.41) is 35.7. The Bertz CT molecular complexity index is 1190. The molecule has 4 rings (SSSR count). The van der Waals surface area contributed by atoms with Gasteiger partial charge in [-0.25, -0.2) is 14.4 Å². The van der Waals surface area contributed by atoms with Gasteiger partial charge in [0.2, 0.25) is 0 Å². The van der Waals surface area contributed by atoms with Crippen molar-refractivity contribution in [2.75, 3.05) is 0 Å². The number of carbonyl (C=O) groups excluding carboxylic acids is 3. The zero-order chi connectivity index (χ0) is 34.3. The molecule has 0 aromatic heterocycles. The second-order valence-corrected chi connectivity index (χ2v) is 16.4. The first-order valence-electron chi connectivity index (χ1n) is 15.5. The van der Waals surface area contributed by atoms with E-state index in [1.165, 1.54) is 33.4 Å². The molecule has 1 aromatic carbocycles. The van der Waals surface area contributed by atoms with Crippen LogP contribution in [0.4, 0.5) is 0 Å². The molecule has 3 unspecified atom stereocenters. The molecule has 0 saturated carbocycles. The molecule has 3 N–H and O–H groups in total. The van der Waals surface area contributed by atoms with Crippen LogP contribution in [0.2, 0.25) is 0 Å². The molecule has 3 fully saturated rings. The van der Waals surface area contributed by atoms with Crippen LogP contribution >= 0.6 is 0 Å². The van der Waals surface area contributed by atoms with Gasteiger partial charge in [0.05, 0.1) is 33.3 Å². The summed E-state index contributed by atoms with van der Waals surface area (Å²) in [7, 11) is 0. The average molecular weight is 634 g/mol. The van der Waals surface area contributed by atoms with Crippen LogP contribution in [0.3, 0.4) is 0 Å². The third kappa shape index (κ3) is 6.13. The molecule has 3 saturated heterocycles. The Kier molecular flexibility index (Phi) is 8.61. The number of esters is 3. The van der Waals surface area contributed by atoms with Gasteiger partial charge in [0.1, 0.15) is 18.3 Å². The smallest absolute Gasteiger partial charge is 0.338 e. The number of hydroxylamine groups is 6. The quantitative estimate of drug-likeness (QED) is 0.279. The summed E-state index contributed by atoms with van der Waals surface area (Å²) in [5.74, 6) is -2.35. The lowest BCUT2D eigenvalue weighted by molar-refractivity contribution is -0.201. The molecule has 0 spiro atoms. The van der Waals surface area contributed by atoms with Gasteiger partial charge in [-0.05, 0) is 101 Å². The molecule has 3 heterocycles. The minimum absolute atomic E-state index is 0.0639. The second-order valence-electron chi connectivity index (χ2n) is 16.4. The Morgan fingerprint density at radius 1 is 0.511 bits per heavy atom. The summed E-state index contributed by atoms with van der Waals surface area (Å²) >= 11 is 0. The summed E-state index contributed by atoms with van der Waals surface area (Å²) in [5.41, 5.74) is -4.84. The molecule has 0 bridgehead atoms. The minimum atomic E-state index is -0.897. The molecule has 1 aromatic rings. The molecule has 12 heteroatoms. The van der Waals surface area contributed by atoms with Crippen molar-refractivity contribution in [2.24, 2.45) is 0 Å². The van der Waals surface area contributed by atoms with Gasteiger partial charge in [-0.2, -0.15) is 15.2 Å². The Hall–Kier alpha value is -2.61. The zero-order valence-corrected chi connectivity index (χ0v) is 28.7. The first-order valence-corrected chi connectivity index (χ1v) is 15.5. The summed E-state index contributed by atoms with van der Waals surface area (Å²) in [6.45, 7) is 21.6. The molecule has 0 amide bonds. The zero-order valence-electron chi connectivity index (χ0n) is 28.7. The van der Waals surface area contributed by atoms with Crippen molar-refractivity contribution in [3.8, 4) is 0 Å². The van der Waals surface area contributed by atoms with Gasteiger partial charge in [0.25, 0.3) is 0 Å². The Balaban J connectivity index is 1.67. The van der Waals surface area contributed by atoms with Crippen molar-refractivity contribution in [3.05, 3.63) is 34.9 Å². The van der Waals surface area contributed by atoms with Crippen molar-refractivity contribution in [1.82, 2.24) is 15.2 Å². The lowest BCUT2D eigenvalue weighted by Crippen LogP contribution is -2.49. The highest BCUT2D eigenvalue weighted by Gasteiger charge is 2.55. The molecule has 3 atom stereocenters. The predicted molar refractivity (Wildman–Crippen MR) is 163 cm³/mol. The van der Waals surface area contributed by atoms with Crippen LogP contribution in [-0.4, -0.2) is 100 Å². The maximum Gasteiger partial charge on any atom is 0.338 e. The molecule has 3 aliphatic heterocycles. The van der Waals surface area contributed by atoms with Gasteiger partial charge in [-0.15, -0.1) is 0 Å². The normalized spacial score (nSPS) is 29.8. The highest BCUT2D eigenvalue weighted by atomic mass is 16.6. The van der Waals surface area contributed by atoms with Crippen molar-refractivity contribution in [2.45, 2.75) is 154 Å². The van der Waals surface area contributed by atoms with E-state index >= 15 is 0 Å².